The molecule has 1 heteroatoms. The van der Waals surface area contributed by atoms with Crippen LogP contribution in [0.4, 0.5) is 0 Å². The van der Waals surface area contributed by atoms with Crippen LogP contribution in [0.25, 0.3) is 0 Å². The highest BCUT2D eigenvalue weighted by molar-refractivity contribution is 6.03. The molecule has 0 saturated carbocycles. The molecule has 2 aliphatic rings. The van der Waals surface area contributed by atoms with Gasteiger partial charge in [-0.05, 0) is 64.5 Å². The highest BCUT2D eigenvalue weighted by atomic mass is 16.1. The molecule has 0 radical (unpaired) electrons. The van der Waals surface area contributed by atoms with Gasteiger partial charge in [-0.3, -0.25) is 4.79 Å². The fourth-order valence-corrected chi connectivity index (χ4v) is 6.03. The second-order valence-corrected chi connectivity index (χ2v) is 9.82. The van der Waals surface area contributed by atoms with Crippen LogP contribution in [0.5, 0.6) is 0 Å². The van der Waals surface area contributed by atoms with Crippen LogP contribution in [-0.2, 0) is 11.2 Å². The molecule has 3 aromatic rings. The van der Waals surface area contributed by atoms with Crippen LogP contribution in [-0.4, -0.2) is 5.78 Å². The van der Waals surface area contributed by atoms with Gasteiger partial charge in [-0.2, -0.15) is 0 Å². The number of benzene rings is 3. The average Bonchev–Trinajstić information content (AvgIpc) is 2.93. The fraction of sp³-hybridized carbons (Fsp3) is 0.306. The summed E-state index contributed by atoms with van der Waals surface area (Å²) < 4.78 is 0. The Bertz CT molecular complexity index is 1180. The Morgan fingerprint density at radius 2 is 1.38 bits per heavy atom. The molecule has 0 bridgehead atoms. The summed E-state index contributed by atoms with van der Waals surface area (Å²) >= 11 is 0. The molecule has 0 amide bonds. The van der Waals surface area contributed by atoms with Crippen molar-refractivity contribution in [3.05, 3.63) is 143 Å². The molecule has 0 heterocycles. The third-order valence-electron chi connectivity index (χ3n) is 7.57. The number of carbonyl (C=O) groups is 1. The maximum atomic E-state index is 14.3. The van der Waals surface area contributed by atoms with Crippen LogP contribution >= 0.6 is 0 Å². The number of rotatable bonds is 6. The molecular formula is C36H42O. The number of allylic oxidation sites excluding steroid dienone is 5. The number of carbonyl (C=O) groups excluding carboxylic acids is 1. The first-order valence-corrected chi connectivity index (χ1v) is 13.4. The third kappa shape index (κ3) is 6.10. The van der Waals surface area contributed by atoms with Crippen molar-refractivity contribution >= 4 is 5.78 Å². The van der Waals surface area contributed by atoms with E-state index in [0.29, 0.717) is 11.8 Å². The molecule has 3 aromatic carbocycles. The van der Waals surface area contributed by atoms with Gasteiger partial charge >= 0.3 is 0 Å². The predicted molar refractivity (Wildman–Crippen MR) is 159 cm³/mol. The van der Waals surface area contributed by atoms with E-state index in [-0.39, 0.29) is 25.0 Å². The van der Waals surface area contributed by atoms with Crippen LogP contribution in [0.2, 0.25) is 0 Å². The lowest BCUT2D eigenvalue weighted by molar-refractivity contribution is -0.119. The van der Waals surface area contributed by atoms with Crippen LogP contribution in [0.1, 0.15) is 63.6 Å². The van der Waals surface area contributed by atoms with Gasteiger partial charge in [0.15, 0.2) is 5.78 Å². The Balaban J connectivity index is 0.00000124. The van der Waals surface area contributed by atoms with E-state index in [4.69, 9.17) is 0 Å². The van der Waals surface area contributed by atoms with Crippen molar-refractivity contribution in [2.45, 2.75) is 53.4 Å². The normalized spacial score (nSPS) is 20.7. The molecule has 5 rings (SSSR count). The molecular weight excluding hydrogens is 448 g/mol. The molecule has 192 valence electrons. The van der Waals surface area contributed by atoms with Crippen LogP contribution in [0.3, 0.4) is 0 Å². The average molecular weight is 491 g/mol. The summed E-state index contributed by atoms with van der Waals surface area (Å²) in [5, 5.41) is 0. The van der Waals surface area contributed by atoms with E-state index in [0.717, 1.165) is 30.4 Å². The highest BCUT2D eigenvalue weighted by Gasteiger charge is 2.41. The Morgan fingerprint density at radius 3 is 1.89 bits per heavy atom. The lowest BCUT2D eigenvalue weighted by Crippen LogP contribution is -2.33. The molecule has 0 aromatic heterocycles. The molecule has 3 unspecified atom stereocenters. The molecule has 0 aliphatic heterocycles. The topological polar surface area (TPSA) is 17.1 Å². The number of hydrogen-bond acceptors (Lipinski definition) is 1. The van der Waals surface area contributed by atoms with E-state index in [1.54, 1.807) is 0 Å². The summed E-state index contributed by atoms with van der Waals surface area (Å²) in [7, 11) is 0. The van der Waals surface area contributed by atoms with E-state index >= 15 is 0 Å². The zero-order valence-electron chi connectivity index (χ0n) is 21.9. The number of ketones is 1. The first-order chi connectivity index (χ1) is 17.7. The molecule has 0 saturated heterocycles. The molecule has 0 fully saturated rings. The summed E-state index contributed by atoms with van der Waals surface area (Å²) in [6.07, 6.45) is 7.21. The summed E-state index contributed by atoms with van der Waals surface area (Å²) in [4.78, 5) is 14.3. The Hall–Kier alpha value is -3.45. The lowest BCUT2D eigenvalue weighted by Gasteiger charge is -2.38. The largest absolute Gasteiger partial charge is 0.294 e. The number of hydrogen-bond donors (Lipinski definition) is 0. The molecule has 1 nitrogen and oxygen atoms in total. The molecule has 2 aliphatic carbocycles. The second-order valence-electron chi connectivity index (χ2n) is 9.82. The second kappa shape index (κ2) is 13.2. The van der Waals surface area contributed by atoms with Gasteiger partial charge in [0.2, 0.25) is 0 Å². The van der Waals surface area contributed by atoms with Gasteiger partial charge in [-0.1, -0.05) is 138 Å². The first kappa shape index (κ1) is 28.1. The standard InChI is InChI=1S/C33H32O.C2H6.CH4/c1-3-26-22-29-23(2)19-25(20-24-13-7-4-8-14-24)21-30(29)33(34)32(26)31(27-15-9-5-10-16-27)28-17-11-6-12-18-28;1-2;/h3-18,22-23,25,31-32H,1,19-21H2,2H3;1-2H3;1H4. The van der Waals surface area contributed by atoms with Crippen LogP contribution in [0, 0.1) is 17.8 Å². The smallest absolute Gasteiger partial charge is 0.167 e. The zero-order chi connectivity index (χ0) is 25.5. The maximum Gasteiger partial charge on any atom is 0.167 e. The zero-order valence-corrected chi connectivity index (χ0v) is 21.9. The molecule has 3 atom stereocenters. The van der Waals surface area contributed by atoms with Gasteiger partial charge in [-0.25, -0.2) is 0 Å². The van der Waals surface area contributed by atoms with Crippen molar-refractivity contribution in [2.24, 2.45) is 17.8 Å². The Morgan fingerprint density at radius 1 is 0.865 bits per heavy atom. The third-order valence-corrected chi connectivity index (χ3v) is 7.57. The van der Waals surface area contributed by atoms with Gasteiger partial charge in [0.05, 0.1) is 5.92 Å². The van der Waals surface area contributed by atoms with Crippen molar-refractivity contribution in [1.82, 2.24) is 0 Å². The summed E-state index contributed by atoms with van der Waals surface area (Å²) in [6, 6.07) is 31.6. The summed E-state index contributed by atoms with van der Waals surface area (Å²) in [6.45, 7) is 10.4. The van der Waals surface area contributed by atoms with Crippen LogP contribution < -0.4 is 0 Å². The van der Waals surface area contributed by atoms with E-state index < -0.39 is 0 Å². The predicted octanol–water partition coefficient (Wildman–Crippen LogP) is 9.38. The van der Waals surface area contributed by atoms with E-state index in [1.165, 1.54) is 22.3 Å². The minimum absolute atomic E-state index is 0. The Labute approximate surface area is 224 Å². The van der Waals surface area contributed by atoms with Gasteiger partial charge < -0.3 is 0 Å². The SMILES string of the molecule is C.C=CC1=CC2=C(CC(Cc3ccccc3)CC2C)C(=O)C1C(c1ccccc1)c1ccccc1.CC. The minimum atomic E-state index is -0.247. The van der Waals surface area contributed by atoms with E-state index in [2.05, 4.69) is 98.4 Å². The minimum Gasteiger partial charge on any atom is -0.294 e. The number of Topliss-reactive ketones (excluding diaryl/α,β-unsaturated/α-hetero) is 1. The molecule has 0 N–H and O–H groups in total. The lowest BCUT2D eigenvalue weighted by atomic mass is 9.64. The van der Waals surface area contributed by atoms with Gasteiger partial charge in [-0.15, -0.1) is 0 Å². The van der Waals surface area contributed by atoms with Gasteiger partial charge in [0.1, 0.15) is 0 Å². The quantitative estimate of drug-likeness (QED) is 0.336. The van der Waals surface area contributed by atoms with Gasteiger partial charge in [0, 0.05) is 5.92 Å². The van der Waals surface area contributed by atoms with Crippen molar-refractivity contribution in [2.75, 3.05) is 0 Å². The maximum absolute atomic E-state index is 14.3. The monoisotopic (exact) mass is 490 g/mol. The van der Waals surface area contributed by atoms with E-state index in [1.807, 2.05) is 32.1 Å². The molecule has 37 heavy (non-hydrogen) atoms. The van der Waals surface area contributed by atoms with Gasteiger partial charge in [0.25, 0.3) is 0 Å². The first-order valence-electron chi connectivity index (χ1n) is 13.4. The van der Waals surface area contributed by atoms with E-state index in [9.17, 15) is 4.79 Å². The van der Waals surface area contributed by atoms with Crippen molar-refractivity contribution in [1.29, 1.82) is 0 Å². The summed E-state index contributed by atoms with van der Waals surface area (Å²) in [5.41, 5.74) is 7.04. The Kier molecular flexibility index (Phi) is 10.0. The van der Waals surface area contributed by atoms with Crippen molar-refractivity contribution < 1.29 is 4.79 Å². The highest BCUT2D eigenvalue weighted by Crippen LogP contribution is 2.47. The molecule has 0 spiro atoms. The van der Waals surface area contributed by atoms with Crippen molar-refractivity contribution in [3.63, 3.8) is 0 Å². The summed E-state index contributed by atoms with van der Waals surface area (Å²) in [5.74, 6) is 0.881. The fourth-order valence-electron chi connectivity index (χ4n) is 6.03. The van der Waals surface area contributed by atoms with Crippen LogP contribution in [0.15, 0.2) is 126 Å². The van der Waals surface area contributed by atoms with Crippen molar-refractivity contribution in [3.8, 4) is 0 Å².